The molecule has 0 aliphatic heterocycles. The van der Waals surface area contributed by atoms with Crippen molar-refractivity contribution in [2.24, 2.45) is 0 Å². The number of hydrogen-bond acceptors (Lipinski definition) is 3. The first-order valence-electron chi connectivity index (χ1n) is 7.25. The van der Waals surface area contributed by atoms with Gasteiger partial charge in [-0.05, 0) is 42.7 Å². The highest BCUT2D eigenvalue weighted by atomic mass is 16.5. The molecule has 0 aliphatic carbocycles. The Balaban J connectivity index is 2.24. The Labute approximate surface area is 129 Å². The largest absolute Gasteiger partial charge is 0.496 e. The summed E-state index contributed by atoms with van der Waals surface area (Å²) in [6.45, 7) is 3.91. The van der Waals surface area contributed by atoms with Crippen LogP contribution in [0.3, 0.4) is 0 Å². The molecule has 22 heavy (non-hydrogen) atoms. The molecule has 2 aromatic carbocycles. The topological polar surface area (TPSA) is 39.4 Å². The van der Waals surface area contributed by atoms with Crippen LogP contribution in [0.25, 0.3) is 11.0 Å². The summed E-state index contributed by atoms with van der Waals surface area (Å²) in [4.78, 5) is 12.4. The SMILES string of the molecule is COc1cc(C)cc2oc(=O)c(Cc3ccccc3)c(C)c12. The van der Waals surface area contributed by atoms with Gasteiger partial charge in [0.1, 0.15) is 11.3 Å². The maximum atomic E-state index is 12.4. The van der Waals surface area contributed by atoms with Crippen LogP contribution >= 0.6 is 0 Å². The van der Waals surface area contributed by atoms with E-state index < -0.39 is 0 Å². The van der Waals surface area contributed by atoms with E-state index in [9.17, 15) is 4.79 Å². The van der Waals surface area contributed by atoms with Crippen molar-refractivity contribution >= 4 is 11.0 Å². The lowest BCUT2D eigenvalue weighted by Crippen LogP contribution is -2.11. The second-order valence-corrected chi connectivity index (χ2v) is 5.50. The third kappa shape index (κ3) is 2.50. The zero-order valence-electron chi connectivity index (χ0n) is 13.0. The quantitative estimate of drug-likeness (QED) is 0.685. The number of ether oxygens (including phenoxy) is 1. The Hall–Kier alpha value is -2.55. The minimum atomic E-state index is -0.276. The van der Waals surface area contributed by atoms with Gasteiger partial charge in [0.25, 0.3) is 0 Å². The monoisotopic (exact) mass is 294 g/mol. The molecule has 3 rings (SSSR count). The first-order chi connectivity index (χ1) is 10.6. The van der Waals surface area contributed by atoms with Gasteiger partial charge in [0.05, 0.1) is 12.5 Å². The molecular formula is C19H18O3. The number of methoxy groups -OCH3 is 1. The van der Waals surface area contributed by atoms with Crippen LogP contribution in [0.1, 0.15) is 22.3 Å². The smallest absolute Gasteiger partial charge is 0.340 e. The van der Waals surface area contributed by atoms with Gasteiger partial charge in [0.15, 0.2) is 0 Å². The van der Waals surface area contributed by atoms with Crippen molar-refractivity contribution < 1.29 is 9.15 Å². The van der Waals surface area contributed by atoms with E-state index in [2.05, 4.69) is 0 Å². The van der Waals surface area contributed by atoms with Gasteiger partial charge >= 0.3 is 5.63 Å². The van der Waals surface area contributed by atoms with Gasteiger partial charge in [-0.1, -0.05) is 30.3 Å². The molecule has 0 unspecified atom stereocenters. The van der Waals surface area contributed by atoms with Gasteiger partial charge in [-0.3, -0.25) is 0 Å². The highest BCUT2D eigenvalue weighted by molar-refractivity contribution is 5.88. The van der Waals surface area contributed by atoms with Crippen molar-refractivity contribution in [3.05, 3.63) is 75.1 Å². The van der Waals surface area contributed by atoms with Crippen LogP contribution in [0.5, 0.6) is 5.75 Å². The van der Waals surface area contributed by atoms with Crippen molar-refractivity contribution in [1.82, 2.24) is 0 Å². The number of fused-ring (bicyclic) bond motifs is 1. The molecule has 0 radical (unpaired) electrons. The minimum absolute atomic E-state index is 0.276. The summed E-state index contributed by atoms with van der Waals surface area (Å²) < 4.78 is 11.0. The summed E-state index contributed by atoms with van der Waals surface area (Å²) in [7, 11) is 1.63. The van der Waals surface area contributed by atoms with E-state index in [4.69, 9.17) is 9.15 Å². The fraction of sp³-hybridized carbons (Fsp3) is 0.211. The standard InChI is InChI=1S/C19H18O3/c1-12-9-16(21-3)18-13(2)15(19(20)22-17(18)10-12)11-14-7-5-4-6-8-14/h4-10H,11H2,1-3H3. The van der Waals surface area contributed by atoms with Crippen molar-refractivity contribution in [3.8, 4) is 5.75 Å². The summed E-state index contributed by atoms with van der Waals surface area (Å²) in [6, 6.07) is 13.8. The van der Waals surface area contributed by atoms with E-state index in [1.807, 2.05) is 56.3 Å². The van der Waals surface area contributed by atoms with Crippen molar-refractivity contribution in [2.75, 3.05) is 7.11 Å². The molecule has 1 heterocycles. The van der Waals surface area contributed by atoms with Crippen LogP contribution in [-0.4, -0.2) is 7.11 Å². The third-order valence-electron chi connectivity index (χ3n) is 3.93. The van der Waals surface area contributed by atoms with Crippen LogP contribution in [0.15, 0.2) is 51.7 Å². The molecule has 0 N–H and O–H groups in total. The fourth-order valence-corrected chi connectivity index (χ4v) is 2.80. The predicted octanol–water partition coefficient (Wildman–Crippen LogP) is 4.01. The van der Waals surface area contributed by atoms with Crippen LogP contribution < -0.4 is 10.4 Å². The fourth-order valence-electron chi connectivity index (χ4n) is 2.80. The molecule has 0 aliphatic rings. The van der Waals surface area contributed by atoms with Gasteiger partial charge in [-0.2, -0.15) is 0 Å². The molecule has 0 bridgehead atoms. The predicted molar refractivity (Wildman–Crippen MR) is 87.8 cm³/mol. The number of aryl methyl sites for hydroxylation is 2. The van der Waals surface area contributed by atoms with Crippen LogP contribution in [0.2, 0.25) is 0 Å². The van der Waals surface area contributed by atoms with E-state index in [0.29, 0.717) is 17.6 Å². The Bertz CT molecular complexity index is 877. The zero-order valence-corrected chi connectivity index (χ0v) is 13.0. The molecule has 0 fully saturated rings. The second kappa shape index (κ2) is 5.68. The second-order valence-electron chi connectivity index (χ2n) is 5.50. The average Bonchev–Trinajstić information content (AvgIpc) is 2.51. The Morgan fingerprint density at radius 2 is 1.82 bits per heavy atom. The number of benzene rings is 2. The van der Waals surface area contributed by atoms with E-state index in [-0.39, 0.29) is 5.63 Å². The molecule has 1 aromatic heterocycles. The van der Waals surface area contributed by atoms with Crippen LogP contribution in [-0.2, 0) is 6.42 Å². The third-order valence-corrected chi connectivity index (χ3v) is 3.93. The van der Waals surface area contributed by atoms with E-state index in [1.165, 1.54) is 0 Å². The Kier molecular flexibility index (Phi) is 3.72. The Morgan fingerprint density at radius 3 is 2.50 bits per heavy atom. The normalized spacial score (nSPS) is 10.9. The highest BCUT2D eigenvalue weighted by Crippen LogP contribution is 2.31. The van der Waals surface area contributed by atoms with Gasteiger partial charge < -0.3 is 9.15 Å². The summed E-state index contributed by atoms with van der Waals surface area (Å²) in [6.07, 6.45) is 0.558. The summed E-state index contributed by atoms with van der Waals surface area (Å²) in [5.41, 5.74) is 4.00. The van der Waals surface area contributed by atoms with E-state index in [0.717, 1.165) is 27.8 Å². The molecule has 0 amide bonds. The lowest BCUT2D eigenvalue weighted by molar-refractivity contribution is 0.418. The summed E-state index contributed by atoms with van der Waals surface area (Å²) >= 11 is 0. The van der Waals surface area contributed by atoms with Gasteiger partial charge in [0, 0.05) is 12.0 Å². The van der Waals surface area contributed by atoms with Crippen LogP contribution in [0, 0.1) is 13.8 Å². The molecule has 3 aromatic rings. The molecule has 3 heteroatoms. The lowest BCUT2D eigenvalue weighted by atomic mass is 9.98. The molecule has 0 saturated heterocycles. The summed E-state index contributed by atoms with van der Waals surface area (Å²) in [5.74, 6) is 0.741. The van der Waals surface area contributed by atoms with Gasteiger partial charge in [-0.25, -0.2) is 4.79 Å². The molecule has 3 nitrogen and oxygen atoms in total. The average molecular weight is 294 g/mol. The van der Waals surface area contributed by atoms with Crippen molar-refractivity contribution in [3.63, 3.8) is 0 Å². The lowest BCUT2D eigenvalue weighted by Gasteiger charge is -2.12. The summed E-state index contributed by atoms with van der Waals surface area (Å²) in [5, 5.41) is 0.874. The van der Waals surface area contributed by atoms with Crippen molar-refractivity contribution in [1.29, 1.82) is 0 Å². The molecule has 0 saturated carbocycles. The molecule has 0 atom stereocenters. The molecular weight excluding hydrogens is 276 g/mol. The Morgan fingerprint density at radius 1 is 1.09 bits per heavy atom. The first-order valence-corrected chi connectivity index (χ1v) is 7.25. The van der Waals surface area contributed by atoms with E-state index in [1.54, 1.807) is 7.11 Å². The number of hydrogen-bond donors (Lipinski definition) is 0. The van der Waals surface area contributed by atoms with Crippen molar-refractivity contribution in [2.45, 2.75) is 20.3 Å². The maximum Gasteiger partial charge on any atom is 0.340 e. The van der Waals surface area contributed by atoms with Gasteiger partial charge in [-0.15, -0.1) is 0 Å². The van der Waals surface area contributed by atoms with Crippen LogP contribution in [0.4, 0.5) is 0 Å². The maximum absolute atomic E-state index is 12.4. The molecule has 112 valence electrons. The minimum Gasteiger partial charge on any atom is -0.496 e. The van der Waals surface area contributed by atoms with Gasteiger partial charge in [0.2, 0.25) is 0 Å². The molecule has 0 spiro atoms. The highest BCUT2D eigenvalue weighted by Gasteiger charge is 2.15. The number of rotatable bonds is 3. The van der Waals surface area contributed by atoms with E-state index >= 15 is 0 Å². The zero-order chi connectivity index (χ0) is 15.7. The first kappa shape index (κ1) is 14.4.